The summed E-state index contributed by atoms with van der Waals surface area (Å²) in [4.78, 5) is 12.3. The lowest BCUT2D eigenvalue weighted by molar-refractivity contribution is 0.0938. The maximum absolute atomic E-state index is 12.0. The summed E-state index contributed by atoms with van der Waals surface area (Å²) in [5.41, 5.74) is 6.87. The van der Waals surface area contributed by atoms with Crippen LogP contribution in [-0.4, -0.2) is 16.9 Å². The number of carbonyl (C=O) groups is 1. The van der Waals surface area contributed by atoms with Crippen LogP contribution in [0.15, 0.2) is 24.3 Å². The molecule has 0 saturated heterocycles. The minimum absolute atomic E-state index is 0.0725. The normalized spacial score (nSPS) is 11.9. The standard InChI is InChI=1S/C14H20N2OS/c1-3-4-6-10(2)16-14(17)12-8-5-7-11(9-12)13(15)18/h5,7-10H,3-4,6H2,1-2H3,(H2,15,18)(H,16,17). The molecule has 0 heterocycles. The highest BCUT2D eigenvalue weighted by molar-refractivity contribution is 7.80. The van der Waals surface area contributed by atoms with Gasteiger partial charge in [0.05, 0.1) is 0 Å². The van der Waals surface area contributed by atoms with E-state index in [1.165, 1.54) is 0 Å². The molecule has 1 amide bonds. The summed E-state index contributed by atoms with van der Waals surface area (Å²) in [6.07, 6.45) is 3.25. The number of amides is 1. The molecule has 0 aromatic heterocycles. The minimum Gasteiger partial charge on any atom is -0.389 e. The number of thiocarbonyl (C=S) groups is 1. The molecule has 1 aromatic rings. The lowest BCUT2D eigenvalue weighted by Crippen LogP contribution is -2.32. The summed E-state index contributed by atoms with van der Waals surface area (Å²) in [5.74, 6) is -0.0725. The predicted octanol–water partition coefficient (Wildman–Crippen LogP) is 2.63. The average Bonchev–Trinajstić information content (AvgIpc) is 2.36. The van der Waals surface area contributed by atoms with E-state index in [1.54, 1.807) is 24.3 Å². The maximum atomic E-state index is 12.0. The molecule has 3 N–H and O–H groups in total. The number of rotatable bonds is 6. The van der Waals surface area contributed by atoms with Gasteiger partial charge in [-0.15, -0.1) is 0 Å². The van der Waals surface area contributed by atoms with Gasteiger partial charge in [0.25, 0.3) is 5.91 Å². The molecule has 3 nitrogen and oxygen atoms in total. The Bertz CT molecular complexity index is 432. The summed E-state index contributed by atoms with van der Waals surface area (Å²) in [6, 6.07) is 7.28. The van der Waals surface area contributed by atoms with Crippen molar-refractivity contribution in [1.82, 2.24) is 5.32 Å². The predicted molar refractivity (Wildman–Crippen MR) is 78.8 cm³/mol. The third kappa shape index (κ3) is 4.45. The van der Waals surface area contributed by atoms with Crippen LogP contribution in [-0.2, 0) is 0 Å². The summed E-state index contributed by atoms with van der Waals surface area (Å²) in [7, 11) is 0. The van der Waals surface area contributed by atoms with Crippen LogP contribution in [0.5, 0.6) is 0 Å². The molecule has 1 atom stereocenters. The molecule has 98 valence electrons. The van der Waals surface area contributed by atoms with Crippen molar-refractivity contribution in [2.24, 2.45) is 5.73 Å². The van der Waals surface area contributed by atoms with Crippen molar-refractivity contribution in [2.75, 3.05) is 0 Å². The molecule has 0 aliphatic carbocycles. The fourth-order valence-corrected chi connectivity index (χ4v) is 1.83. The largest absolute Gasteiger partial charge is 0.389 e. The zero-order chi connectivity index (χ0) is 13.5. The number of unbranched alkanes of at least 4 members (excludes halogenated alkanes) is 1. The monoisotopic (exact) mass is 264 g/mol. The zero-order valence-electron chi connectivity index (χ0n) is 10.9. The van der Waals surface area contributed by atoms with Crippen molar-refractivity contribution in [3.8, 4) is 0 Å². The Morgan fingerprint density at radius 3 is 2.72 bits per heavy atom. The van der Waals surface area contributed by atoms with Gasteiger partial charge in [0, 0.05) is 17.2 Å². The van der Waals surface area contributed by atoms with Crippen molar-refractivity contribution in [3.63, 3.8) is 0 Å². The van der Waals surface area contributed by atoms with E-state index in [1.807, 2.05) is 6.92 Å². The van der Waals surface area contributed by atoms with E-state index in [-0.39, 0.29) is 11.9 Å². The lowest BCUT2D eigenvalue weighted by Gasteiger charge is -2.13. The number of benzene rings is 1. The molecule has 0 aliphatic rings. The minimum atomic E-state index is -0.0725. The van der Waals surface area contributed by atoms with Crippen LogP contribution in [0.3, 0.4) is 0 Å². The van der Waals surface area contributed by atoms with Gasteiger partial charge in [-0.2, -0.15) is 0 Å². The molecule has 1 aromatic carbocycles. The van der Waals surface area contributed by atoms with Crippen LogP contribution in [0.2, 0.25) is 0 Å². The number of hydrogen-bond donors (Lipinski definition) is 2. The van der Waals surface area contributed by atoms with E-state index in [9.17, 15) is 4.79 Å². The SMILES string of the molecule is CCCCC(C)NC(=O)c1cccc(C(N)=S)c1. The Labute approximate surface area is 114 Å². The third-order valence-corrected chi connectivity index (χ3v) is 3.01. The van der Waals surface area contributed by atoms with Crippen molar-refractivity contribution < 1.29 is 4.79 Å². The number of nitrogens with two attached hydrogens (primary N) is 1. The highest BCUT2D eigenvalue weighted by Crippen LogP contribution is 2.07. The Balaban J connectivity index is 2.66. The van der Waals surface area contributed by atoms with Gasteiger partial charge in [0.15, 0.2) is 0 Å². The van der Waals surface area contributed by atoms with Gasteiger partial charge in [-0.3, -0.25) is 4.79 Å². The van der Waals surface area contributed by atoms with Gasteiger partial charge in [0.1, 0.15) is 4.99 Å². The van der Waals surface area contributed by atoms with Crippen LogP contribution >= 0.6 is 12.2 Å². The summed E-state index contributed by atoms with van der Waals surface area (Å²) in [6.45, 7) is 4.16. The van der Waals surface area contributed by atoms with Crippen LogP contribution in [0.1, 0.15) is 49.0 Å². The van der Waals surface area contributed by atoms with Crippen molar-refractivity contribution in [2.45, 2.75) is 39.2 Å². The molecule has 0 fully saturated rings. The van der Waals surface area contributed by atoms with Crippen LogP contribution in [0.4, 0.5) is 0 Å². The maximum Gasteiger partial charge on any atom is 0.251 e. The Morgan fingerprint density at radius 1 is 1.44 bits per heavy atom. The zero-order valence-corrected chi connectivity index (χ0v) is 11.7. The topological polar surface area (TPSA) is 55.1 Å². The smallest absolute Gasteiger partial charge is 0.251 e. The van der Waals surface area contributed by atoms with Crippen molar-refractivity contribution in [3.05, 3.63) is 35.4 Å². The van der Waals surface area contributed by atoms with Gasteiger partial charge in [0.2, 0.25) is 0 Å². The number of hydrogen-bond acceptors (Lipinski definition) is 2. The van der Waals surface area contributed by atoms with Crippen LogP contribution < -0.4 is 11.1 Å². The van der Waals surface area contributed by atoms with Crippen molar-refractivity contribution in [1.29, 1.82) is 0 Å². The first kappa shape index (κ1) is 14.6. The van der Waals surface area contributed by atoms with E-state index in [0.29, 0.717) is 10.6 Å². The van der Waals surface area contributed by atoms with Crippen LogP contribution in [0.25, 0.3) is 0 Å². The second kappa shape index (κ2) is 7.11. The molecule has 0 aliphatic heterocycles. The molecule has 18 heavy (non-hydrogen) atoms. The Hall–Kier alpha value is -1.42. The van der Waals surface area contributed by atoms with E-state index in [0.717, 1.165) is 24.8 Å². The first-order valence-electron chi connectivity index (χ1n) is 6.25. The van der Waals surface area contributed by atoms with E-state index in [2.05, 4.69) is 12.2 Å². The molecule has 1 unspecified atom stereocenters. The first-order valence-corrected chi connectivity index (χ1v) is 6.66. The second-order valence-electron chi connectivity index (χ2n) is 4.46. The lowest BCUT2D eigenvalue weighted by atomic mass is 10.1. The summed E-state index contributed by atoms with van der Waals surface area (Å²) in [5, 5.41) is 2.97. The Kier molecular flexibility index (Phi) is 5.78. The highest BCUT2D eigenvalue weighted by atomic mass is 32.1. The molecule has 4 heteroatoms. The van der Waals surface area contributed by atoms with E-state index < -0.39 is 0 Å². The first-order chi connectivity index (χ1) is 8.54. The van der Waals surface area contributed by atoms with Gasteiger partial charge in [-0.05, 0) is 25.5 Å². The van der Waals surface area contributed by atoms with E-state index >= 15 is 0 Å². The molecular formula is C14H20N2OS. The molecule has 1 rings (SSSR count). The number of nitrogens with one attached hydrogen (secondary N) is 1. The average molecular weight is 264 g/mol. The Morgan fingerprint density at radius 2 is 2.11 bits per heavy atom. The number of carbonyl (C=O) groups excluding carboxylic acids is 1. The summed E-state index contributed by atoms with van der Waals surface area (Å²) >= 11 is 4.90. The van der Waals surface area contributed by atoms with Gasteiger partial charge in [-0.1, -0.05) is 44.1 Å². The van der Waals surface area contributed by atoms with Gasteiger partial charge < -0.3 is 11.1 Å². The molecule has 0 spiro atoms. The van der Waals surface area contributed by atoms with Crippen LogP contribution in [0, 0.1) is 0 Å². The molecule has 0 bridgehead atoms. The van der Waals surface area contributed by atoms with E-state index in [4.69, 9.17) is 18.0 Å². The molecule has 0 radical (unpaired) electrons. The van der Waals surface area contributed by atoms with Gasteiger partial charge in [-0.25, -0.2) is 0 Å². The van der Waals surface area contributed by atoms with Gasteiger partial charge >= 0.3 is 0 Å². The van der Waals surface area contributed by atoms with Crippen molar-refractivity contribution >= 4 is 23.1 Å². The quantitative estimate of drug-likeness (QED) is 0.777. The third-order valence-electron chi connectivity index (χ3n) is 2.78. The molecular weight excluding hydrogens is 244 g/mol. The fourth-order valence-electron chi connectivity index (χ4n) is 1.70. The highest BCUT2D eigenvalue weighted by Gasteiger charge is 2.10. The summed E-state index contributed by atoms with van der Waals surface area (Å²) < 4.78 is 0. The molecule has 0 saturated carbocycles. The fraction of sp³-hybridized carbons (Fsp3) is 0.429. The second-order valence-corrected chi connectivity index (χ2v) is 4.90.